The number of carbonyl (C=O) groups excluding carboxylic acids is 3. The van der Waals surface area contributed by atoms with Crippen LogP contribution >= 0.6 is 0 Å². The standard InChI is InChI=1S/C27H34O6.2C2H6/c1-14-10-16(32-24(31)18(14)13-28)11-15-4-5-19-17-12-23-27(33-23)22(30)7-6-21(29)26(27,3)20(17)8-9-25(15,19)2;2*1-2/h6-7,15-17,19-20,23,28H,4-5,8-13H2,1-3H3;2*1-2H3. The van der Waals surface area contributed by atoms with Crippen molar-refractivity contribution in [3.63, 3.8) is 0 Å². The van der Waals surface area contributed by atoms with Gasteiger partial charge in [0.15, 0.2) is 17.2 Å². The highest BCUT2D eigenvalue weighted by Gasteiger charge is 2.80. The van der Waals surface area contributed by atoms with E-state index in [4.69, 9.17) is 9.47 Å². The van der Waals surface area contributed by atoms with Crippen molar-refractivity contribution in [1.82, 2.24) is 0 Å². The number of ketones is 2. The van der Waals surface area contributed by atoms with Gasteiger partial charge in [-0.1, -0.05) is 40.2 Å². The highest BCUT2D eigenvalue weighted by Crippen LogP contribution is 2.72. The second-order valence-electron chi connectivity index (χ2n) is 11.9. The summed E-state index contributed by atoms with van der Waals surface area (Å²) >= 11 is 0. The van der Waals surface area contributed by atoms with E-state index in [9.17, 15) is 19.5 Å². The molecule has 6 rings (SSSR count). The van der Waals surface area contributed by atoms with Gasteiger partial charge in [-0.25, -0.2) is 4.79 Å². The molecule has 4 aliphatic carbocycles. The van der Waals surface area contributed by atoms with Crippen molar-refractivity contribution >= 4 is 17.5 Å². The van der Waals surface area contributed by atoms with Crippen molar-refractivity contribution < 1.29 is 29.0 Å². The minimum Gasteiger partial charge on any atom is -0.459 e. The molecule has 37 heavy (non-hydrogen) atoms. The van der Waals surface area contributed by atoms with E-state index in [0.29, 0.717) is 29.7 Å². The van der Waals surface area contributed by atoms with Crippen LogP contribution < -0.4 is 0 Å². The third kappa shape index (κ3) is 3.83. The first kappa shape index (κ1) is 28.2. The molecule has 3 saturated carbocycles. The maximum Gasteiger partial charge on any atom is 0.336 e. The predicted octanol–water partition coefficient (Wildman–Crippen LogP) is 5.37. The van der Waals surface area contributed by atoms with Crippen LogP contribution in [0.5, 0.6) is 0 Å². The zero-order valence-electron chi connectivity index (χ0n) is 23.8. The van der Waals surface area contributed by atoms with Gasteiger partial charge in [-0.2, -0.15) is 0 Å². The molecule has 0 amide bonds. The molecule has 206 valence electrons. The van der Waals surface area contributed by atoms with Crippen molar-refractivity contribution in [1.29, 1.82) is 0 Å². The average Bonchev–Trinajstić information content (AvgIpc) is 3.54. The molecule has 0 aromatic carbocycles. The Kier molecular flexibility index (Phi) is 7.68. The molecule has 9 atom stereocenters. The van der Waals surface area contributed by atoms with Crippen LogP contribution in [-0.2, 0) is 23.9 Å². The number of rotatable bonds is 3. The van der Waals surface area contributed by atoms with Crippen molar-refractivity contribution in [3.8, 4) is 0 Å². The fourth-order valence-corrected chi connectivity index (χ4v) is 9.05. The van der Waals surface area contributed by atoms with Crippen LogP contribution in [0, 0.1) is 34.5 Å². The summed E-state index contributed by atoms with van der Waals surface area (Å²) < 4.78 is 11.8. The van der Waals surface area contributed by atoms with E-state index >= 15 is 0 Å². The molecule has 0 bridgehead atoms. The number of allylic oxidation sites excluding steroid dienone is 1. The first-order chi connectivity index (χ1) is 17.7. The minimum atomic E-state index is -0.906. The van der Waals surface area contributed by atoms with Gasteiger partial charge in [0.25, 0.3) is 0 Å². The van der Waals surface area contributed by atoms with Gasteiger partial charge in [0.05, 0.1) is 23.7 Å². The number of fused-ring (bicyclic) bond motifs is 4. The van der Waals surface area contributed by atoms with Gasteiger partial charge in [0.1, 0.15) is 6.10 Å². The topological polar surface area (TPSA) is 93.2 Å². The third-order valence-electron chi connectivity index (χ3n) is 10.9. The van der Waals surface area contributed by atoms with Crippen LogP contribution in [0.2, 0.25) is 0 Å². The molecule has 0 aromatic rings. The summed E-state index contributed by atoms with van der Waals surface area (Å²) in [5.41, 5.74) is -0.154. The van der Waals surface area contributed by atoms with Gasteiger partial charge in [0.2, 0.25) is 0 Å². The fraction of sp³-hybridized carbons (Fsp3) is 0.774. The van der Waals surface area contributed by atoms with Gasteiger partial charge >= 0.3 is 5.97 Å². The van der Waals surface area contributed by atoms with Crippen molar-refractivity contribution in [2.24, 2.45) is 34.5 Å². The van der Waals surface area contributed by atoms with E-state index in [1.54, 1.807) is 0 Å². The van der Waals surface area contributed by atoms with Crippen LogP contribution in [-0.4, -0.2) is 47.1 Å². The van der Waals surface area contributed by atoms with Gasteiger partial charge in [-0.05, 0) is 93.6 Å². The zero-order chi connectivity index (χ0) is 27.3. The highest BCUT2D eigenvalue weighted by atomic mass is 16.6. The lowest BCUT2D eigenvalue weighted by Gasteiger charge is -2.56. The van der Waals surface area contributed by atoms with Gasteiger partial charge < -0.3 is 14.6 Å². The molecule has 1 N–H and O–H groups in total. The lowest BCUT2D eigenvalue weighted by molar-refractivity contribution is -0.152. The highest BCUT2D eigenvalue weighted by molar-refractivity contribution is 6.15. The number of aliphatic hydroxyl groups excluding tert-OH is 1. The number of ether oxygens (including phenoxy) is 2. The Morgan fingerprint density at radius 1 is 0.973 bits per heavy atom. The van der Waals surface area contributed by atoms with Gasteiger partial charge in [-0.3, -0.25) is 9.59 Å². The number of esters is 1. The summed E-state index contributed by atoms with van der Waals surface area (Å²) in [6.07, 6.45) is 9.30. The summed E-state index contributed by atoms with van der Waals surface area (Å²) in [5, 5.41) is 9.45. The summed E-state index contributed by atoms with van der Waals surface area (Å²) in [7, 11) is 0. The predicted molar refractivity (Wildman–Crippen MR) is 142 cm³/mol. The Hall–Kier alpha value is -1.79. The number of carbonyl (C=O) groups is 3. The lowest BCUT2D eigenvalue weighted by Crippen LogP contribution is -2.62. The van der Waals surface area contributed by atoms with E-state index in [1.165, 1.54) is 12.2 Å². The van der Waals surface area contributed by atoms with E-state index in [0.717, 1.165) is 44.1 Å². The minimum absolute atomic E-state index is 0.0181. The van der Waals surface area contributed by atoms with E-state index < -0.39 is 11.0 Å². The van der Waals surface area contributed by atoms with E-state index in [1.807, 2.05) is 41.5 Å². The van der Waals surface area contributed by atoms with Crippen LogP contribution in [0.4, 0.5) is 0 Å². The first-order valence-corrected chi connectivity index (χ1v) is 14.6. The molecule has 6 nitrogen and oxygen atoms in total. The Balaban J connectivity index is 0.000000765. The van der Waals surface area contributed by atoms with Gasteiger partial charge in [-0.15, -0.1) is 0 Å². The smallest absolute Gasteiger partial charge is 0.336 e. The molecule has 9 unspecified atom stereocenters. The second kappa shape index (κ2) is 10.1. The lowest BCUT2D eigenvalue weighted by atomic mass is 9.45. The Morgan fingerprint density at radius 2 is 1.65 bits per heavy atom. The van der Waals surface area contributed by atoms with Crippen LogP contribution in [0.1, 0.15) is 93.4 Å². The molecule has 0 radical (unpaired) electrons. The molecule has 1 saturated heterocycles. The molecule has 1 spiro atoms. The Bertz CT molecular complexity index is 1010. The SMILES string of the molecule is CC.CC.CC1=C(CO)C(=O)OC(CC2CCC3C4CC5OC56C(=O)C=CC(=O)C6(C)C4CCC23C)C1. The molecular weight excluding hydrogens is 468 g/mol. The molecule has 0 aromatic heterocycles. The number of hydrogen-bond acceptors (Lipinski definition) is 6. The number of epoxide rings is 1. The number of aliphatic hydroxyl groups is 1. The largest absolute Gasteiger partial charge is 0.459 e. The Morgan fingerprint density at radius 3 is 2.30 bits per heavy atom. The van der Waals surface area contributed by atoms with Crippen LogP contribution in [0.15, 0.2) is 23.3 Å². The summed E-state index contributed by atoms with van der Waals surface area (Å²) in [6, 6.07) is 0. The van der Waals surface area contributed by atoms with Crippen molar-refractivity contribution in [2.75, 3.05) is 6.61 Å². The number of cyclic esters (lactones) is 1. The average molecular weight is 515 g/mol. The van der Waals surface area contributed by atoms with Crippen LogP contribution in [0.25, 0.3) is 0 Å². The second-order valence-corrected chi connectivity index (χ2v) is 11.9. The molecule has 2 heterocycles. The summed E-state index contributed by atoms with van der Waals surface area (Å²) in [5.74, 6) is 1.21. The normalized spacial score (nSPS) is 45.2. The Labute approximate surface area is 222 Å². The summed E-state index contributed by atoms with van der Waals surface area (Å²) in [4.78, 5) is 38.4. The molecular formula is C31H46O6. The molecule has 6 aliphatic rings. The first-order valence-electron chi connectivity index (χ1n) is 14.6. The maximum atomic E-state index is 13.2. The fourth-order valence-electron chi connectivity index (χ4n) is 9.05. The summed E-state index contributed by atoms with van der Waals surface area (Å²) in [6.45, 7) is 14.1. The number of hydrogen-bond donors (Lipinski definition) is 1. The monoisotopic (exact) mass is 514 g/mol. The molecule has 6 heteroatoms. The van der Waals surface area contributed by atoms with Crippen molar-refractivity contribution in [2.45, 2.75) is 111 Å². The maximum absolute atomic E-state index is 13.2. The van der Waals surface area contributed by atoms with E-state index in [2.05, 4.69) is 6.92 Å². The molecule has 4 fully saturated rings. The van der Waals surface area contributed by atoms with Crippen LogP contribution in [0.3, 0.4) is 0 Å². The quantitative estimate of drug-likeness (QED) is 0.402. The van der Waals surface area contributed by atoms with Crippen molar-refractivity contribution in [3.05, 3.63) is 23.3 Å². The van der Waals surface area contributed by atoms with E-state index in [-0.39, 0.29) is 47.7 Å². The third-order valence-corrected chi connectivity index (χ3v) is 10.9. The van der Waals surface area contributed by atoms with Gasteiger partial charge in [0, 0.05) is 6.42 Å². The zero-order valence-corrected chi connectivity index (χ0v) is 23.8. The molecule has 2 aliphatic heterocycles.